The van der Waals surface area contributed by atoms with E-state index in [1.807, 2.05) is 0 Å². The van der Waals surface area contributed by atoms with E-state index < -0.39 is 32.8 Å². The zero-order chi connectivity index (χ0) is 20.9. The Morgan fingerprint density at radius 1 is 0.966 bits per heavy atom. The maximum Gasteiger partial charge on any atom is 0.335 e. The number of imide groups is 1. The van der Waals surface area contributed by atoms with Gasteiger partial charge in [-0.15, -0.1) is 9.35 Å². The summed E-state index contributed by atoms with van der Waals surface area (Å²) in [6, 6.07) is 12.5. The monoisotopic (exact) mass is 431 g/mol. The first-order valence-corrected chi connectivity index (χ1v) is 9.87. The van der Waals surface area contributed by atoms with E-state index in [2.05, 4.69) is 0 Å². The lowest BCUT2D eigenvalue weighted by Crippen LogP contribution is -2.41. The predicted molar refractivity (Wildman–Crippen MR) is 101 cm³/mol. The topological polar surface area (TPSA) is 118 Å². The van der Waals surface area contributed by atoms with Crippen molar-refractivity contribution in [3.63, 3.8) is 0 Å². The summed E-state index contributed by atoms with van der Waals surface area (Å²) < 4.78 is 30.2. The van der Waals surface area contributed by atoms with Gasteiger partial charge in [0.15, 0.2) is 0 Å². The van der Waals surface area contributed by atoms with E-state index in [4.69, 9.17) is 21.0 Å². The van der Waals surface area contributed by atoms with Crippen LogP contribution in [-0.2, 0) is 14.4 Å². The van der Waals surface area contributed by atoms with Gasteiger partial charge in [-0.05, 0) is 35.7 Å². The first-order valence-electron chi connectivity index (χ1n) is 8.08. The Morgan fingerprint density at radius 3 is 2.10 bits per heavy atom. The molecule has 8 nitrogen and oxygen atoms in total. The molecule has 1 aliphatic rings. The lowest BCUT2D eigenvalue weighted by molar-refractivity contribution is -0.0155. The highest BCUT2D eigenvalue weighted by molar-refractivity contribution is 7.86. The molecule has 1 heterocycles. The van der Waals surface area contributed by atoms with Gasteiger partial charge in [0.25, 0.3) is 11.8 Å². The van der Waals surface area contributed by atoms with Crippen LogP contribution >= 0.6 is 11.6 Å². The fraction of sp³-hybridized carbons (Fsp3) is 0. The van der Waals surface area contributed by atoms with Crippen molar-refractivity contribution in [2.24, 2.45) is 0 Å². The molecule has 4 rings (SSSR count). The summed E-state index contributed by atoms with van der Waals surface area (Å²) in [6.07, 6.45) is 0. The first kappa shape index (κ1) is 19.1. The van der Waals surface area contributed by atoms with Gasteiger partial charge in [-0.2, -0.15) is 8.42 Å². The summed E-state index contributed by atoms with van der Waals surface area (Å²) in [7, 11) is -4.79. The molecule has 0 radical (unpaired) electrons. The minimum Gasteiger partial charge on any atom is -0.478 e. The van der Waals surface area contributed by atoms with Crippen LogP contribution in [0.2, 0.25) is 5.02 Å². The maximum atomic E-state index is 12.8. The molecule has 0 spiro atoms. The van der Waals surface area contributed by atoms with E-state index in [0.717, 1.165) is 18.2 Å². The van der Waals surface area contributed by atoms with E-state index in [-0.39, 0.29) is 26.8 Å². The summed E-state index contributed by atoms with van der Waals surface area (Å²) in [5.74, 6) is -3.31. The molecular weight excluding hydrogens is 422 g/mol. The lowest BCUT2D eigenvalue weighted by atomic mass is 9.95. The SMILES string of the molecule is O=C(O)c1ccc(Cl)c(S(=O)(=O)ON2C(=O)c3cccc4cccc(c34)C2=O)c1. The van der Waals surface area contributed by atoms with E-state index in [1.54, 1.807) is 24.3 Å². The molecule has 0 unspecified atom stereocenters. The van der Waals surface area contributed by atoms with Crippen LogP contribution in [0.25, 0.3) is 10.8 Å². The highest BCUT2D eigenvalue weighted by atomic mass is 35.5. The summed E-state index contributed by atoms with van der Waals surface area (Å²) in [6.45, 7) is 0. The highest BCUT2D eigenvalue weighted by Crippen LogP contribution is 2.32. The fourth-order valence-electron chi connectivity index (χ4n) is 3.04. The van der Waals surface area contributed by atoms with Gasteiger partial charge >= 0.3 is 16.1 Å². The average molecular weight is 432 g/mol. The Kier molecular flexibility index (Phi) is 4.38. The zero-order valence-electron chi connectivity index (χ0n) is 14.3. The first-order chi connectivity index (χ1) is 13.7. The number of aromatic carboxylic acids is 1. The van der Waals surface area contributed by atoms with Crippen molar-refractivity contribution in [3.05, 3.63) is 76.3 Å². The van der Waals surface area contributed by atoms with E-state index in [9.17, 15) is 22.8 Å². The van der Waals surface area contributed by atoms with E-state index in [1.165, 1.54) is 12.1 Å². The van der Waals surface area contributed by atoms with Gasteiger partial charge < -0.3 is 5.11 Å². The molecule has 0 fully saturated rings. The van der Waals surface area contributed by atoms with Gasteiger partial charge in [-0.1, -0.05) is 35.9 Å². The number of halogens is 1. The second kappa shape index (κ2) is 6.66. The summed E-state index contributed by atoms with van der Waals surface area (Å²) >= 11 is 5.88. The van der Waals surface area contributed by atoms with Gasteiger partial charge in [0.05, 0.1) is 21.7 Å². The number of carboxylic acids is 1. The average Bonchev–Trinajstić information content (AvgIpc) is 2.69. The quantitative estimate of drug-likeness (QED) is 0.630. The molecule has 1 aliphatic heterocycles. The van der Waals surface area contributed by atoms with Gasteiger partial charge in [0.2, 0.25) is 0 Å². The normalized spacial score (nSPS) is 13.8. The van der Waals surface area contributed by atoms with Gasteiger partial charge in [0, 0.05) is 5.39 Å². The molecule has 0 saturated heterocycles. The Hall–Kier alpha value is -3.27. The van der Waals surface area contributed by atoms with Gasteiger partial charge in [-0.25, -0.2) is 4.79 Å². The predicted octanol–water partition coefficient (Wildman–Crippen LogP) is 3.11. The fourth-order valence-corrected chi connectivity index (χ4v) is 4.43. The molecule has 3 aromatic rings. The molecule has 3 aromatic carbocycles. The third kappa shape index (κ3) is 3.05. The highest BCUT2D eigenvalue weighted by Gasteiger charge is 2.38. The van der Waals surface area contributed by atoms with E-state index in [0.29, 0.717) is 10.8 Å². The van der Waals surface area contributed by atoms with Gasteiger partial charge in [0.1, 0.15) is 4.90 Å². The molecule has 0 aromatic heterocycles. The van der Waals surface area contributed by atoms with Crippen molar-refractivity contribution < 1.29 is 32.2 Å². The Morgan fingerprint density at radius 2 is 1.55 bits per heavy atom. The van der Waals surface area contributed by atoms with Crippen LogP contribution in [0.1, 0.15) is 31.1 Å². The minimum atomic E-state index is -4.79. The third-order valence-corrected chi connectivity index (χ3v) is 6.02. The van der Waals surface area contributed by atoms with Crippen molar-refractivity contribution in [3.8, 4) is 0 Å². The second-order valence-electron chi connectivity index (χ2n) is 6.09. The number of carboxylic acid groups (broad SMARTS) is 1. The van der Waals surface area contributed by atoms with Crippen LogP contribution in [0.5, 0.6) is 0 Å². The number of carbonyl (C=O) groups excluding carboxylic acids is 2. The number of nitrogens with zero attached hydrogens (tertiary/aromatic N) is 1. The number of hydrogen-bond acceptors (Lipinski definition) is 6. The molecule has 10 heteroatoms. The maximum absolute atomic E-state index is 12.8. The number of benzene rings is 3. The third-order valence-electron chi connectivity index (χ3n) is 4.35. The van der Waals surface area contributed by atoms with Crippen LogP contribution in [0, 0.1) is 0 Å². The molecular formula is C19H10ClNO7S. The van der Waals surface area contributed by atoms with Crippen LogP contribution in [0.15, 0.2) is 59.5 Å². The van der Waals surface area contributed by atoms with Crippen LogP contribution in [0.4, 0.5) is 0 Å². The number of hydrogen-bond donors (Lipinski definition) is 1. The summed E-state index contributed by atoms with van der Waals surface area (Å²) in [5, 5.41) is 9.92. The van der Waals surface area contributed by atoms with Crippen molar-refractivity contribution in [2.75, 3.05) is 0 Å². The molecule has 0 bridgehead atoms. The molecule has 2 amide bonds. The Labute approximate surface area is 169 Å². The zero-order valence-corrected chi connectivity index (χ0v) is 15.9. The standard InChI is InChI=1S/C19H10ClNO7S/c20-14-8-7-11(19(24)25)9-15(14)29(26,27)28-21-17(22)12-5-1-3-10-4-2-6-13(16(10)12)18(21)23/h1-9H,(H,24,25). The minimum absolute atomic E-state index is 0.0956. The number of carbonyl (C=O) groups is 3. The molecule has 29 heavy (non-hydrogen) atoms. The van der Waals surface area contributed by atoms with Gasteiger partial charge in [-0.3, -0.25) is 9.59 Å². The summed E-state index contributed by atoms with van der Waals surface area (Å²) in [5.41, 5.74) is -0.167. The van der Waals surface area contributed by atoms with Crippen LogP contribution in [0.3, 0.4) is 0 Å². The largest absolute Gasteiger partial charge is 0.478 e. The molecule has 1 N–H and O–H groups in total. The molecule has 0 saturated carbocycles. The van der Waals surface area contributed by atoms with Crippen molar-refractivity contribution in [1.82, 2.24) is 5.06 Å². The molecule has 0 aliphatic carbocycles. The second-order valence-corrected chi connectivity index (χ2v) is 8.00. The smallest absolute Gasteiger partial charge is 0.335 e. The number of amides is 2. The van der Waals surface area contributed by atoms with Crippen molar-refractivity contribution >= 4 is 50.3 Å². The summed E-state index contributed by atoms with van der Waals surface area (Å²) in [4.78, 5) is 36.0. The van der Waals surface area contributed by atoms with Crippen molar-refractivity contribution in [1.29, 1.82) is 0 Å². The lowest BCUT2D eigenvalue weighted by Gasteiger charge is -2.25. The molecule has 0 atom stereocenters. The number of hydroxylamine groups is 2. The Bertz CT molecular complexity index is 1280. The van der Waals surface area contributed by atoms with Crippen molar-refractivity contribution in [2.45, 2.75) is 4.90 Å². The molecule has 146 valence electrons. The van der Waals surface area contributed by atoms with Crippen LogP contribution in [-0.4, -0.2) is 36.4 Å². The number of rotatable bonds is 4. The Balaban J connectivity index is 1.79. The van der Waals surface area contributed by atoms with E-state index >= 15 is 0 Å². The van der Waals surface area contributed by atoms with Crippen LogP contribution < -0.4 is 0 Å².